The molecule has 0 fully saturated rings. The van der Waals surface area contributed by atoms with Gasteiger partial charge in [-0.3, -0.25) is 9.59 Å². The second-order valence-corrected chi connectivity index (χ2v) is 4.45. The Bertz CT molecular complexity index is 813. The summed E-state index contributed by atoms with van der Waals surface area (Å²) in [6.45, 7) is -1.18. The van der Waals surface area contributed by atoms with Crippen LogP contribution < -0.4 is 0 Å². The van der Waals surface area contributed by atoms with Crippen LogP contribution in [0.3, 0.4) is 0 Å². The van der Waals surface area contributed by atoms with Crippen LogP contribution in [0, 0.1) is 20.2 Å². The predicted octanol–water partition coefficient (Wildman–Crippen LogP) is -1.30. The van der Waals surface area contributed by atoms with Crippen LogP contribution in [0.4, 0.5) is 11.9 Å². The maximum absolute atomic E-state index is 11.5. The van der Waals surface area contributed by atoms with Crippen molar-refractivity contribution in [3.05, 3.63) is 20.2 Å². The van der Waals surface area contributed by atoms with E-state index in [4.69, 9.17) is 0 Å². The molecule has 0 amide bonds. The average molecular weight is 370 g/mol. The van der Waals surface area contributed by atoms with Crippen molar-refractivity contribution in [3.8, 4) is 11.6 Å². The van der Waals surface area contributed by atoms with Crippen molar-refractivity contribution in [1.29, 1.82) is 0 Å². The molecule has 0 aromatic carbocycles. The molecule has 2 aromatic rings. The second-order valence-electron chi connectivity index (χ2n) is 4.45. The molecule has 0 saturated heterocycles. The topological polar surface area (TPSA) is 200 Å². The van der Waals surface area contributed by atoms with Crippen molar-refractivity contribution in [2.45, 2.75) is 13.1 Å². The van der Waals surface area contributed by atoms with Crippen molar-refractivity contribution in [2.75, 3.05) is 14.2 Å². The monoisotopic (exact) mass is 370 g/mol. The minimum absolute atomic E-state index is 0.397. The normalized spacial score (nSPS) is 10.4. The third kappa shape index (κ3) is 3.74. The highest BCUT2D eigenvalue weighted by atomic mass is 16.6. The number of hydrogen-bond donors (Lipinski definition) is 0. The fourth-order valence-corrected chi connectivity index (χ4v) is 1.74. The third-order valence-corrected chi connectivity index (χ3v) is 2.86. The Morgan fingerprint density at radius 1 is 0.885 bits per heavy atom. The number of nitrogens with zero attached hydrogens (tertiary/aromatic N) is 8. The SMILES string of the molecule is COC(=O)Cn1nc([N+](=O)[O-])nc1-c1nc([N+](=O)[O-])nn1CC(=O)OC. The number of hydrogen-bond acceptors (Lipinski definition) is 12. The molecular formula is C10H10N8O8. The molecule has 2 aromatic heterocycles. The van der Waals surface area contributed by atoms with Crippen molar-refractivity contribution < 1.29 is 28.9 Å². The van der Waals surface area contributed by atoms with Crippen molar-refractivity contribution in [2.24, 2.45) is 0 Å². The molecule has 2 heterocycles. The Kier molecular flexibility index (Phi) is 5.14. The van der Waals surface area contributed by atoms with Gasteiger partial charge in [-0.1, -0.05) is 0 Å². The van der Waals surface area contributed by atoms with Gasteiger partial charge in [-0.2, -0.15) is 9.36 Å². The Morgan fingerprint density at radius 2 is 1.23 bits per heavy atom. The molecular weight excluding hydrogens is 360 g/mol. The number of carbonyl (C=O) groups is 2. The van der Waals surface area contributed by atoms with Gasteiger partial charge >= 0.3 is 35.5 Å². The molecule has 0 aliphatic rings. The van der Waals surface area contributed by atoms with E-state index in [1.54, 1.807) is 0 Å². The van der Waals surface area contributed by atoms with Crippen molar-refractivity contribution in [3.63, 3.8) is 0 Å². The lowest BCUT2D eigenvalue weighted by molar-refractivity contribution is -0.394. The van der Waals surface area contributed by atoms with Crippen LogP contribution >= 0.6 is 0 Å². The Morgan fingerprint density at radius 3 is 1.50 bits per heavy atom. The van der Waals surface area contributed by atoms with Gasteiger partial charge in [-0.05, 0) is 19.8 Å². The van der Waals surface area contributed by atoms with Crippen LogP contribution in [0.1, 0.15) is 0 Å². The Labute approximate surface area is 142 Å². The Balaban J connectivity index is 2.61. The van der Waals surface area contributed by atoms with Gasteiger partial charge in [0, 0.05) is 10.2 Å². The van der Waals surface area contributed by atoms with Gasteiger partial charge in [0.15, 0.2) is 13.1 Å². The lowest BCUT2D eigenvalue weighted by Crippen LogP contribution is -2.17. The highest BCUT2D eigenvalue weighted by molar-refractivity contribution is 5.71. The number of methoxy groups -OCH3 is 2. The van der Waals surface area contributed by atoms with E-state index in [2.05, 4.69) is 29.6 Å². The molecule has 16 heteroatoms. The number of carbonyl (C=O) groups excluding carboxylic acids is 2. The molecule has 0 atom stereocenters. The molecule has 0 saturated carbocycles. The maximum atomic E-state index is 11.5. The number of nitro groups is 2. The van der Waals surface area contributed by atoms with Crippen molar-refractivity contribution in [1.82, 2.24) is 29.5 Å². The van der Waals surface area contributed by atoms with Crippen LogP contribution in [0.15, 0.2) is 0 Å². The molecule has 16 nitrogen and oxygen atoms in total. The van der Waals surface area contributed by atoms with Gasteiger partial charge in [0.2, 0.25) is 0 Å². The summed E-state index contributed by atoms with van der Waals surface area (Å²) in [5.41, 5.74) is 0. The zero-order valence-electron chi connectivity index (χ0n) is 13.3. The van der Waals surface area contributed by atoms with Gasteiger partial charge < -0.3 is 29.7 Å². The summed E-state index contributed by atoms with van der Waals surface area (Å²) in [4.78, 5) is 50.0. The minimum Gasteiger partial charge on any atom is -0.468 e. The lowest BCUT2D eigenvalue weighted by Gasteiger charge is -1.99. The van der Waals surface area contributed by atoms with E-state index in [0.717, 1.165) is 23.6 Å². The number of aromatic nitrogens is 6. The van der Waals surface area contributed by atoms with E-state index >= 15 is 0 Å². The average Bonchev–Trinajstić information content (AvgIpc) is 3.18. The quantitative estimate of drug-likeness (QED) is 0.317. The molecule has 0 unspecified atom stereocenters. The standard InChI is InChI=1S/C10H10N8O8/c1-25-5(19)3-15-7(11-9(13-15)17(21)22)8-12-10(18(23)24)14-16(8)4-6(20)26-2/h3-4H2,1-2H3. The van der Waals surface area contributed by atoms with Crippen LogP contribution in [0.25, 0.3) is 11.6 Å². The molecule has 138 valence electrons. The first kappa shape index (κ1) is 18.4. The van der Waals surface area contributed by atoms with E-state index in [-0.39, 0.29) is 0 Å². The predicted molar refractivity (Wildman–Crippen MR) is 76.4 cm³/mol. The molecule has 0 aliphatic heterocycles. The summed E-state index contributed by atoms with van der Waals surface area (Å²) in [5, 5.41) is 28.8. The summed E-state index contributed by atoms with van der Waals surface area (Å²) < 4.78 is 10.4. The maximum Gasteiger partial charge on any atom is 0.491 e. The number of esters is 2. The van der Waals surface area contributed by atoms with Gasteiger partial charge in [0.1, 0.15) is 0 Å². The first-order valence-electron chi connectivity index (χ1n) is 6.59. The smallest absolute Gasteiger partial charge is 0.468 e. The third-order valence-electron chi connectivity index (χ3n) is 2.86. The van der Waals surface area contributed by atoms with Crippen LogP contribution in [0.5, 0.6) is 0 Å². The van der Waals surface area contributed by atoms with Gasteiger partial charge in [-0.25, -0.2) is 0 Å². The van der Waals surface area contributed by atoms with E-state index < -0.39 is 58.4 Å². The van der Waals surface area contributed by atoms with E-state index in [9.17, 15) is 29.8 Å². The largest absolute Gasteiger partial charge is 0.491 e. The van der Waals surface area contributed by atoms with E-state index in [1.807, 2.05) is 0 Å². The highest BCUT2D eigenvalue weighted by Gasteiger charge is 2.34. The zero-order valence-corrected chi connectivity index (χ0v) is 13.3. The van der Waals surface area contributed by atoms with E-state index in [0.29, 0.717) is 0 Å². The summed E-state index contributed by atoms with van der Waals surface area (Å²) in [5.74, 6) is -4.21. The van der Waals surface area contributed by atoms with Crippen molar-refractivity contribution >= 4 is 23.8 Å². The number of rotatable bonds is 7. The second kappa shape index (κ2) is 7.28. The first-order chi connectivity index (χ1) is 12.3. The van der Waals surface area contributed by atoms with Gasteiger partial charge in [0.25, 0.3) is 0 Å². The van der Waals surface area contributed by atoms with Crippen LogP contribution in [-0.2, 0) is 32.2 Å². The molecule has 0 radical (unpaired) electrons. The molecule has 0 spiro atoms. The summed E-state index contributed by atoms with van der Waals surface area (Å²) in [6, 6.07) is 0. The van der Waals surface area contributed by atoms with Gasteiger partial charge in [-0.15, -0.1) is 0 Å². The molecule has 0 N–H and O–H groups in total. The Hall–Kier alpha value is -3.98. The van der Waals surface area contributed by atoms with E-state index in [1.165, 1.54) is 0 Å². The van der Waals surface area contributed by atoms with Crippen LogP contribution in [0.2, 0.25) is 0 Å². The fourth-order valence-electron chi connectivity index (χ4n) is 1.74. The molecule has 0 bridgehead atoms. The summed E-state index contributed by atoms with van der Waals surface area (Å²) in [7, 11) is 2.16. The fraction of sp³-hybridized carbons (Fsp3) is 0.400. The summed E-state index contributed by atoms with van der Waals surface area (Å²) in [6.07, 6.45) is 0. The van der Waals surface area contributed by atoms with Crippen LogP contribution in [-0.4, -0.2) is 65.5 Å². The highest BCUT2D eigenvalue weighted by Crippen LogP contribution is 2.21. The molecule has 0 aliphatic carbocycles. The minimum atomic E-state index is -0.938. The lowest BCUT2D eigenvalue weighted by atomic mass is 10.5. The summed E-state index contributed by atoms with van der Waals surface area (Å²) >= 11 is 0. The first-order valence-corrected chi connectivity index (χ1v) is 6.59. The number of ether oxygens (including phenoxy) is 2. The zero-order chi connectivity index (χ0) is 19.4. The molecule has 2 rings (SSSR count). The molecule has 26 heavy (non-hydrogen) atoms. The van der Waals surface area contributed by atoms with Gasteiger partial charge in [0.05, 0.1) is 14.2 Å².